The molecule has 94 valence electrons. The normalized spacial score (nSPS) is 24.1. The first-order valence-corrected chi connectivity index (χ1v) is 6.67. The molecule has 1 aromatic carbocycles. The van der Waals surface area contributed by atoms with Gasteiger partial charge in [0, 0.05) is 13.2 Å². The van der Waals surface area contributed by atoms with Gasteiger partial charge in [-0.1, -0.05) is 30.7 Å². The van der Waals surface area contributed by atoms with E-state index in [1.165, 1.54) is 30.4 Å². The van der Waals surface area contributed by atoms with E-state index in [4.69, 9.17) is 0 Å². The summed E-state index contributed by atoms with van der Waals surface area (Å²) in [7, 11) is 0. The summed E-state index contributed by atoms with van der Waals surface area (Å²) in [6.07, 6.45) is 3.75. The molecule has 0 heterocycles. The van der Waals surface area contributed by atoms with Gasteiger partial charge in [-0.15, -0.1) is 0 Å². The molecule has 2 heteroatoms. The summed E-state index contributed by atoms with van der Waals surface area (Å²) >= 11 is 0. The fourth-order valence-corrected chi connectivity index (χ4v) is 2.82. The molecule has 0 amide bonds. The van der Waals surface area contributed by atoms with E-state index in [0.717, 1.165) is 13.1 Å². The Morgan fingerprint density at radius 3 is 2.76 bits per heavy atom. The maximum Gasteiger partial charge on any atom is 0.0462 e. The van der Waals surface area contributed by atoms with Gasteiger partial charge >= 0.3 is 0 Å². The van der Waals surface area contributed by atoms with Crippen molar-refractivity contribution in [3.05, 3.63) is 35.4 Å². The molecule has 0 spiro atoms. The molecule has 1 aliphatic carbocycles. The largest absolute Gasteiger partial charge is 0.396 e. The van der Waals surface area contributed by atoms with Gasteiger partial charge in [-0.25, -0.2) is 0 Å². The van der Waals surface area contributed by atoms with Crippen molar-refractivity contribution < 1.29 is 5.11 Å². The quantitative estimate of drug-likeness (QED) is 0.819. The van der Waals surface area contributed by atoms with Gasteiger partial charge in [0.25, 0.3) is 0 Å². The third-order valence-corrected chi connectivity index (χ3v) is 4.03. The van der Waals surface area contributed by atoms with Crippen molar-refractivity contribution in [2.24, 2.45) is 11.8 Å². The fraction of sp³-hybridized carbons (Fsp3) is 0.600. The third kappa shape index (κ3) is 3.30. The number of nitrogens with one attached hydrogen (secondary N) is 1. The second-order valence-corrected chi connectivity index (χ2v) is 5.19. The van der Waals surface area contributed by atoms with E-state index in [2.05, 4.69) is 36.5 Å². The van der Waals surface area contributed by atoms with Crippen molar-refractivity contribution in [1.29, 1.82) is 0 Å². The smallest absolute Gasteiger partial charge is 0.0462 e. The summed E-state index contributed by atoms with van der Waals surface area (Å²) in [4.78, 5) is 0. The van der Waals surface area contributed by atoms with Crippen LogP contribution in [0, 0.1) is 18.8 Å². The van der Waals surface area contributed by atoms with Crippen LogP contribution in [0.1, 0.15) is 30.4 Å². The van der Waals surface area contributed by atoms with Crippen LogP contribution >= 0.6 is 0 Å². The first-order chi connectivity index (χ1) is 8.31. The van der Waals surface area contributed by atoms with Gasteiger partial charge in [-0.3, -0.25) is 0 Å². The van der Waals surface area contributed by atoms with Crippen molar-refractivity contribution >= 4 is 0 Å². The second kappa shape index (κ2) is 6.18. The maximum atomic E-state index is 9.27. The predicted octanol–water partition coefficient (Wildman–Crippen LogP) is 2.49. The van der Waals surface area contributed by atoms with Crippen LogP contribution in [0.25, 0.3) is 0 Å². The Morgan fingerprint density at radius 1 is 1.24 bits per heavy atom. The van der Waals surface area contributed by atoms with Crippen LogP contribution in [-0.4, -0.2) is 18.3 Å². The van der Waals surface area contributed by atoms with Crippen LogP contribution < -0.4 is 5.32 Å². The zero-order valence-electron chi connectivity index (χ0n) is 10.7. The molecule has 1 fully saturated rings. The van der Waals surface area contributed by atoms with E-state index in [0.29, 0.717) is 18.4 Å². The van der Waals surface area contributed by atoms with Gasteiger partial charge in [-0.05, 0) is 49.3 Å². The molecule has 2 N–H and O–H groups in total. The van der Waals surface area contributed by atoms with Gasteiger partial charge in [0.15, 0.2) is 0 Å². The third-order valence-electron chi connectivity index (χ3n) is 4.03. The SMILES string of the molecule is Cc1ccccc1CNCC1CCCC1CO. The van der Waals surface area contributed by atoms with Crippen LogP contribution in [0.15, 0.2) is 24.3 Å². The minimum absolute atomic E-state index is 0.358. The lowest BCUT2D eigenvalue weighted by molar-refractivity contribution is 0.192. The second-order valence-electron chi connectivity index (χ2n) is 5.19. The Morgan fingerprint density at radius 2 is 2.00 bits per heavy atom. The number of aliphatic hydroxyl groups excluding tert-OH is 1. The van der Waals surface area contributed by atoms with E-state index >= 15 is 0 Å². The standard InChI is InChI=1S/C15H23NO/c1-12-5-2-3-6-13(12)9-16-10-14-7-4-8-15(14)11-17/h2-3,5-6,14-17H,4,7-11H2,1H3. The van der Waals surface area contributed by atoms with Crippen LogP contribution in [0.3, 0.4) is 0 Å². The molecule has 1 aromatic rings. The van der Waals surface area contributed by atoms with Crippen LogP contribution in [0.5, 0.6) is 0 Å². The van der Waals surface area contributed by atoms with Gasteiger partial charge in [0.2, 0.25) is 0 Å². The lowest BCUT2D eigenvalue weighted by atomic mass is 9.97. The van der Waals surface area contributed by atoms with E-state index in [9.17, 15) is 5.11 Å². The van der Waals surface area contributed by atoms with Gasteiger partial charge < -0.3 is 10.4 Å². The average molecular weight is 233 g/mol. The molecule has 2 nitrogen and oxygen atoms in total. The highest BCUT2D eigenvalue weighted by Crippen LogP contribution is 2.30. The summed E-state index contributed by atoms with van der Waals surface area (Å²) < 4.78 is 0. The first-order valence-electron chi connectivity index (χ1n) is 6.67. The maximum absolute atomic E-state index is 9.27. The average Bonchev–Trinajstić information content (AvgIpc) is 2.79. The molecule has 0 radical (unpaired) electrons. The summed E-state index contributed by atoms with van der Waals surface area (Å²) in [6.45, 7) is 4.50. The first kappa shape index (κ1) is 12.6. The van der Waals surface area contributed by atoms with Crippen LogP contribution in [0.4, 0.5) is 0 Å². The Kier molecular flexibility index (Phi) is 4.57. The minimum Gasteiger partial charge on any atom is -0.396 e. The molecular formula is C15H23NO. The molecule has 2 rings (SSSR count). The van der Waals surface area contributed by atoms with Gasteiger partial charge in [0.1, 0.15) is 0 Å². The highest BCUT2D eigenvalue weighted by molar-refractivity contribution is 5.25. The van der Waals surface area contributed by atoms with E-state index in [1.54, 1.807) is 0 Å². The number of hydrogen-bond donors (Lipinski definition) is 2. The van der Waals surface area contributed by atoms with Crippen molar-refractivity contribution in [3.63, 3.8) is 0 Å². The molecular weight excluding hydrogens is 210 g/mol. The molecule has 0 aliphatic heterocycles. The number of aryl methyl sites for hydroxylation is 1. The highest BCUT2D eigenvalue weighted by atomic mass is 16.3. The molecule has 2 atom stereocenters. The van der Waals surface area contributed by atoms with E-state index in [-0.39, 0.29) is 0 Å². The Labute approximate surface area is 104 Å². The zero-order valence-corrected chi connectivity index (χ0v) is 10.7. The molecule has 0 bridgehead atoms. The highest BCUT2D eigenvalue weighted by Gasteiger charge is 2.25. The Bertz CT molecular complexity index is 351. The van der Waals surface area contributed by atoms with E-state index < -0.39 is 0 Å². The van der Waals surface area contributed by atoms with Crippen molar-refractivity contribution in [2.75, 3.05) is 13.2 Å². The summed E-state index contributed by atoms with van der Waals surface area (Å²) in [5.41, 5.74) is 2.73. The summed E-state index contributed by atoms with van der Waals surface area (Å²) in [5, 5.41) is 12.8. The molecule has 1 saturated carbocycles. The van der Waals surface area contributed by atoms with Crippen LogP contribution in [-0.2, 0) is 6.54 Å². The molecule has 17 heavy (non-hydrogen) atoms. The van der Waals surface area contributed by atoms with Crippen molar-refractivity contribution in [1.82, 2.24) is 5.32 Å². The molecule has 1 aliphatic rings. The summed E-state index contributed by atoms with van der Waals surface area (Å²) in [5.74, 6) is 1.20. The minimum atomic E-state index is 0.358. The lowest BCUT2D eigenvalue weighted by Crippen LogP contribution is -2.26. The fourth-order valence-electron chi connectivity index (χ4n) is 2.82. The predicted molar refractivity (Wildman–Crippen MR) is 70.8 cm³/mol. The Hall–Kier alpha value is -0.860. The Balaban J connectivity index is 1.78. The number of hydrogen-bond acceptors (Lipinski definition) is 2. The number of aliphatic hydroxyl groups is 1. The lowest BCUT2D eigenvalue weighted by Gasteiger charge is -2.18. The van der Waals surface area contributed by atoms with Gasteiger partial charge in [0.05, 0.1) is 0 Å². The summed E-state index contributed by atoms with van der Waals surface area (Å²) in [6, 6.07) is 8.51. The zero-order chi connectivity index (χ0) is 12.1. The number of rotatable bonds is 5. The van der Waals surface area contributed by atoms with Crippen LogP contribution in [0.2, 0.25) is 0 Å². The monoisotopic (exact) mass is 233 g/mol. The molecule has 2 unspecified atom stereocenters. The molecule has 0 saturated heterocycles. The topological polar surface area (TPSA) is 32.3 Å². The number of benzene rings is 1. The van der Waals surface area contributed by atoms with Crippen molar-refractivity contribution in [2.45, 2.75) is 32.7 Å². The van der Waals surface area contributed by atoms with E-state index in [1.807, 2.05) is 0 Å². The molecule has 0 aromatic heterocycles. The van der Waals surface area contributed by atoms with Crippen molar-refractivity contribution in [3.8, 4) is 0 Å². The van der Waals surface area contributed by atoms with Gasteiger partial charge in [-0.2, -0.15) is 0 Å².